The zero-order chi connectivity index (χ0) is 15.6. The number of anilines is 1. The van der Waals surface area contributed by atoms with E-state index in [0.717, 1.165) is 35.5 Å². The van der Waals surface area contributed by atoms with Gasteiger partial charge in [-0.1, -0.05) is 0 Å². The first-order valence-electron chi connectivity index (χ1n) is 6.49. The van der Waals surface area contributed by atoms with Crippen molar-refractivity contribution in [3.8, 4) is 0 Å². The lowest BCUT2D eigenvalue weighted by atomic mass is 10.3. The lowest BCUT2D eigenvalue weighted by Gasteiger charge is -2.22. The van der Waals surface area contributed by atoms with Gasteiger partial charge in [0.15, 0.2) is 11.6 Å². The van der Waals surface area contributed by atoms with Gasteiger partial charge in [-0.15, -0.1) is 0 Å². The van der Waals surface area contributed by atoms with Crippen molar-refractivity contribution in [1.29, 1.82) is 0 Å². The minimum absolute atomic E-state index is 0.0251. The molecule has 1 N–H and O–H groups in total. The van der Waals surface area contributed by atoms with E-state index in [0.29, 0.717) is 0 Å². The second-order valence-corrected chi connectivity index (χ2v) is 6.91. The van der Waals surface area contributed by atoms with Gasteiger partial charge in [-0.05, 0) is 25.0 Å². The maximum Gasteiger partial charge on any atom is 0.232 e. The molecule has 0 aromatic heterocycles. The Morgan fingerprint density at radius 1 is 1.33 bits per heavy atom. The van der Waals surface area contributed by atoms with Crippen molar-refractivity contribution in [2.75, 3.05) is 23.7 Å². The molecule has 1 aromatic carbocycles. The van der Waals surface area contributed by atoms with E-state index in [1.165, 1.54) is 6.07 Å². The zero-order valence-electron chi connectivity index (χ0n) is 11.5. The van der Waals surface area contributed by atoms with E-state index in [9.17, 15) is 22.0 Å². The molecule has 1 aliphatic rings. The molecule has 0 saturated heterocycles. The third-order valence-corrected chi connectivity index (χ3v) is 4.35. The lowest BCUT2D eigenvalue weighted by Crippen LogP contribution is -2.38. The summed E-state index contributed by atoms with van der Waals surface area (Å²) in [5, 5.41) is 2.63. The summed E-state index contributed by atoms with van der Waals surface area (Å²) in [6.45, 7) is 0.0732. The summed E-state index contributed by atoms with van der Waals surface area (Å²) in [4.78, 5) is 11.5. The molecule has 116 valence electrons. The van der Waals surface area contributed by atoms with Gasteiger partial charge in [-0.2, -0.15) is 0 Å². The Balaban J connectivity index is 2.07. The van der Waals surface area contributed by atoms with E-state index in [1.54, 1.807) is 0 Å². The predicted molar refractivity (Wildman–Crippen MR) is 74.3 cm³/mol. The molecule has 0 heterocycles. The van der Waals surface area contributed by atoms with Crippen LogP contribution in [0.2, 0.25) is 0 Å². The Hall–Kier alpha value is -1.70. The van der Waals surface area contributed by atoms with Crippen LogP contribution in [0.1, 0.15) is 12.8 Å². The molecule has 1 fully saturated rings. The van der Waals surface area contributed by atoms with Crippen molar-refractivity contribution in [3.63, 3.8) is 0 Å². The van der Waals surface area contributed by atoms with Crippen molar-refractivity contribution >= 4 is 21.6 Å². The third kappa shape index (κ3) is 4.13. The van der Waals surface area contributed by atoms with Crippen LogP contribution in [-0.2, 0) is 14.8 Å². The number of carbonyl (C=O) groups excluding carboxylic acids is 1. The van der Waals surface area contributed by atoms with Crippen molar-refractivity contribution in [2.45, 2.75) is 12.8 Å². The molecular formula is C13H16F2N2O3S. The molecule has 0 atom stereocenters. The fourth-order valence-corrected chi connectivity index (χ4v) is 2.82. The standard InChI is InChI=1S/C13H16F2N2O3S/c1-21(19,20)17(7-6-16-13(18)9-2-3-9)10-4-5-11(14)12(15)8-10/h4-5,8-9H,2-3,6-7H2,1H3,(H,16,18). The smallest absolute Gasteiger partial charge is 0.232 e. The normalized spacial score (nSPS) is 14.8. The van der Waals surface area contributed by atoms with Gasteiger partial charge in [0.1, 0.15) is 0 Å². The summed E-state index contributed by atoms with van der Waals surface area (Å²) in [5.74, 6) is -2.24. The Bertz CT molecular complexity index is 645. The Labute approximate surface area is 122 Å². The highest BCUT2D eigenvalue weighted by atomic mass is 32.2. The number of nitrogens with one attached hydrogen (secondary N) is 1. The van der Waals surface area contributed by atoms with E-state index in [4.69, 9.17) is 0 Å². The summed E-state index contributed by atoms with van der Waals surface area (Å²) >= 11 is 0. The summed E-state index contributed by atoms with van der Waals surface area (Å²) in [7, 11) is -3.66. The highest BCUT2D eigenvalue weighted by Crippen LogP contribution is 2.28. The number of hydrogen-bond acceptors (Lipinski definition) is 3. The number of sulfonamides is 1. The quantitative estimate of drug-likeness (QED) is 0.858. The number of rotatable bonds is 6. The van der Waals surface area contributed by atoms with Gasteiger partial charge in [-0.3, -0.25) is 9.10 Å². The molecule has 8 heteroatoms. The summed E-state index contributed by atoms with van der Waals surface area (Å²) < 4.78 is 50.6. The number of hydrogen-bond donors (Lipinski definition) is 1. The van der Waals surface area contributed by atoms with Crippen LogP contribution in [0.5, 0.6) is 0 Å². The summed E-state index contributed by atoms with van der Waals surface area (Å²) in [6, 6.07) is 2.87. The number of benzene rings is 1. The molecule has 1 amide bonds. The summed E-state index contributed by atoms with van der Waals surface area (Å²) in [5.41, 5.74) is 0.0251. The number of nitrogens with zero attached hydrogens (tertiary/aromatic N) is 1. The van der Waals surface area contributed by atoms with Crippen molar-refractivity contribution in [3.05, 3.63) is 29.8 Å². The van der Waals surface area contributed by atoms with Crippen LogP contribution >= 0.6 is 0 Å². The first-order valence-corrected chi connectivity index (χ1v) is 8.34. The van der Waals surface area contributed by atoms with E-state index in [-0.39, 0.29) is 30.6 Å². The zero-order valence-corrected chi connectivity index (χ0v) is 12.3. The van der Waals surface area contributed by atoms with Crippen molar-refractivity contribution < 1.29 is 22.0 Å². The molecule has 21 heavy (non-hydrogen) atoms. The Morgan fingerprint density at radius 2 is 2.00 bits per heavy atom. The topological polar surface area (TPSA) is 66.5 Å². The van der Waals surface area contributed by atoms with E-state index < -0.39 is 21.7 Å². The first kappa shape index (κ1) is 15.7. The fraction of sp³-hybridized carbons (Fsp3) is 0.462. The highest BCUT2D eigenvalue weighted by Gasteiger charge is 2.29. The minimum Gasteiger partial charge on any atom is -0.354 e. The van der Waals surface area contributed by atoms with Gasteiger partial charge in [0.05, 0.1) is 18.5 Å². The number of carbonyl (C=O) groups is 1. The molecule has 0 radical (unpaired) electrons. The average Bonchev–Trinajstić information content (AvgIpc) is 3.21. The van der Waals surface area contributed by atoms with Crippen LogP contribution in [0.3, 0.4) is 0 Å². The molecular weight excluding hydrogens is 302 g/mol. The molecule has 1 aliphatic carbocycles. The summed E-state index contributed by atoms with van der Waals surface area (Å²) in [6.07, 6.45) is 2.67. The van der Waals surface area contributed by atoms with Gasteiger partial charge in [-0.25, -0.2) is 17.2 Å². The molecule has 0 bridgehead atoms. The third-order valence-electron chi connectivity index (χ3n) is 3.15. The molecule has 0 spiro atoms. The maximum absolute atomic E-state index is 13.2. The van der Waals surface area contributed by atoms with Crippen LogP contribution in [0.25, 0.3) is 0 Å². The lowest BCUT2D eigenvalue weighted by molar-refractivity contribution is -0.122. The Morgan fingerprint density at radius 3 is 2.52 bits per heavy atom. The van der Waals surface area contributed by atoms with Crippen molar-refractivity contribution in [1.82, 2.24) is 5.32 Å². The molecule has 1 aromatic rings. The van der Waals surface area contributed by atoms with E-state index in [1.807, 2.05) is 0 Å². The minimum atomic E-state index is -3.66. The fourth-order valence-electron chi connectivity index (χ4n) is 1.90. The molecule has 2 rings (SSSR count). The highest BCUT2D eigenvalue weighted by molar-refractivity contribution is 7.92. The van der Waals surface area contributed by atoms with Gasteiger partial charge in [0.25, 0.3) is 0 Å². The van der Waals surface area contributed by atoms with Gasteiger partial charge in [0.2, 0.25) is 15.9 Å². The van der Waals surface area contributed by atoms with Gasteiger partial charge >= 0.3 is 0 Å². The van der Waals surface area contributed by atoms with E-state index >= 15 is 0 Å². The SMILES string of the molecule is CS(=O)(=O)N(CCNC(=O)C1CC1)c1ccc(F)c(F)c1. The molecule has 5 nitrogen and oxygen atoms in total. The average molecular weight is 318 g/mol. The first-order chi connectivity index (χ1) is 9.79. The molecule has 1 saturated carbocycles. The van der Waals surface area contributed by atoms with Crippen LogP contribution < -0.4 is 9.62 Å². The van der Waals surface area contributed by atoms with Gasteiger partial charge < -0.3 is 5.32 Å². The largest absolute Gasteiger partial charge is 0.354 e. The number of halogens is 2. The van der Waals surface area contributed by atoms with Crippen LogP contribution in [0.15, 0.2) is 18.2 Å². The molecule has 0 unspecified atom stereocenters. The molecule has 0 aliphatic heterocycles. The maximum atomic E-state index is 13.2. The second kappa shape index (κ2) is 5.97. The van der Waals surface area contributed by atoms with Crippen molar-refractivity contribution in [2.24, 2.45) is 5.92 Å². The van der Waals surface area contributed by atoms with Crippen LogP contribution in [0.4, 0.5) is 14.5 Å². The van der Waals surface area contributed by atoms with Crippen LogP contribution in [0, 0.1) is 17.6 Å². The monoisotopic (exact) mass is 318 g/mol. The predicted octanol–water partition coefficient (Wildman–Crippen LogP) is 1.26. The van der Waals surface area contributed by atoms with Gasteiger partial charge in [0, 0.05) is 18.5 Å². The second-order valence-electron chi connectivity index (χ2n) is 5.00. The van der Waals surface area contributed by atoms with E-state index in [2.05, 4.69) is 5.32 Å². The Kier molecular flexibility index (Phi) is 4.46. The number of amides is 1. The van der Waals surface area contributed by atoms with Crippen LogP contribution in [-0.4, -0.2) is 33.7 Å².